The van der Waals surface area contributed by atoms with Crippen LogP contribution in [0.15, 0.2) is 243 Å². The number of hydrogen-bond acceptors (Lipinski definition) is 6. The molecule has 8 aromatic carbocycles. The zero-order valence-corrected chi connectivity index (χ0v) is 35.8. The van der Waals surface area contributed by atoms with Crippen LogP contribution in [0.3, 0.4) is 0 Å². The van der Waals surface area contributed by atoms with Crippen molar-refractivity contribution in [1.82, 2.24) is 29.9 Å². The molecule has 0 saturated heterocycles. The van der Waals surface area contributed by atoms with Crippen molar-refractivity contribution in [2.75, 3.05) is 0 Å². The van der Waals surface area contributed by atoms with Crippen molar-refractivity contribution < 1.29 is 0 Å². The number of rotatable bonds is 10. The molecular weight excluding hydrogens is 805 g/mol. The average molecular weight is 845 g/mol. The molecule has 0 aliphatic heterocycles. The van der Waals surface area contributed by atoms with Crippen LogP contribution >= 0.6 is 0 Å². The van der Waals surface area contributed by atoms with Crippen molar-refractivity contribution in [3.05, 3.63) is 243 Å². The van der Waals surface area contributed by atoms with Gasteiger partial charge in [-0.1, -0.05) is 206 Å². The normalized spacial score (nSPS) is 11.0. The fourth-order valence-corrected chi connectivity index (χ4v) is 8.23. The van der Waals surface area contributed by atoms with E-state index >= 15 is 0 Å². The smallest absolute Gasteiger partial charge is 0.164 e. The summed E-state index contributed by atoms with van der Waals surface area (Å²) in [5.74, 6) is 2.53. The molecule has 0 amide bonds. The first-order chi connectivity index (χ1) is 32.7. The molecular formula is C60H40N6. The molecule has 66 heavy (non-hydrogen) atoms. The van der Waals surface area contributed by atoms with Crippen molar-refractivity contribution in [2.24, 2.45) is 0 Å². The van der Waals surface area contributed by atoms with Crippen LogP contribution in [0.4, 0.5) is 0 Å². The summed E-state index contributed by atoms with van der Waals surface area (Å²) >= 11 is 0. The molecule has 0 bridgehead atoms. The summed E-state index contributed by atoms with van der Waals surface area (Å²) in [6.07, 6.45) is 1.84. The van der Waals surface area contributed by atoms with Crippen molar-refractivity contribution >= 4 is 0 Å². The lowest BCUT2D eigenvalue weighted by molar-refractivity contribution is 1.07. The van der Waals surface area contributed by atoms with E-state index in [0.717, 1.165) is 89.4 Å². The molecule has 0 aliphatic rings. The van der Waals surface area contributed by atoms with Crippen LogP contribution < -0.4 is 0 Å². The second kappa shape index (κ2) is 18.0. The van der Waals surface area contributed by atoms with Crippen molar-refractivity contribution in [1.29, 1.82) is 0 Å². The first-order valence-corrected chi connectivity index (χ1v) is 21.9. The average Bonchev–Trinajstić information content (AvgIpc) is 3.42. The Morgan fingerprint density at radius 2 is 0.591 bits per heavy atom. The van der Waals surface area contributed by atoms with Gasteiger partial charge < -0.3 is 0 Å². The molecule has 0 fully saturated rings. The van der Waals surface area contributed by atoms with Gasteiger partial charge in [0, 0.05) is 45.1 Å². The lowest BCUT2D eigenvalue weighted by atomic mass is 9.92. The predicted molar refractivity (Wildman–Crippen MR) is 268 cm³/mol. The summed E-state index contributed by atoms with van der Waals surface area (Å²) in [6, 6.07) is 81.1. The maximum Gasteiger partial charge on any atom is 0.164 e. The second-order valence-corrected chi connectivity index (χ2v) is 15.9. The van der Waals surface area contributed by atoms with Gasteiger partial charge in [-0.3, -0.25) is 4.98 Å². The summed E-state index contributed by atoms with van der Waals surface area (Å²) in [5.41, 5.74) is 16.0. The van der Waals surface area contributed by atoms with Crippen LogP contribution in [0, 0.1) is 0 Å². The zero-order chi connectivity index (χ0) is 44.1. The summed E-state index contributed by atoms with van der Waals surface area (Å²) in [6.45, 7) is 0. The third kappa shape index (κ3) is 8.42. The predicted octanol–water partition coefficient (Wildman–Crippen LogP) is 14.7. The summed E-state index contributed by atoms with van der Waals surface area (Å²) in [4.78, 5) is 29.9. The van der Waals surface area contributed by atoms with E-state index in [1.807, 2.05) is 103 Å². The van der Waals surface area contributed by atoms with E-state index in [-0.39, 0.29) is 0 Å². The van der Waals surface area contributed by atoms with Crippen LogP contribution in [0.1, 0.15) is 0 Å². The number of benzene rings is 8. The lowest BCUT2D eigenvalue weighted by Gasteiger charge is -2.14. The Kier molecular flexibility index (Phi) is 10.9. The molecule has 11 rings (SSSR count). The largest absolute Gasteiger partial charge is 0.256 e. The minimum atomic E-state index is 0.610. The molecule has 11 aromatic rings. The van der Waals surface area contributed by atoms with Crippen LogP contribution in [0.25, 0.3) is 113 Å². The standard InChI is InChI=1S/C60H40N6/c1-5-16-41(17-6-1)49-24-15-25-51(38-49)56-40-55(44-18-7-2-8-19-44)62-57(63-56)47-31-27-42(28-32-47)50-35-36-52(54-26-13-14-37-61-54)53(39-50)43-29-33-48(34-30-43)60-65-58(45-20-9-3-10-21-45)64-59(66-60)46-22-11-4-12-23-46/h1-40H. The van der Waals surface area contributed by atoms with Gasteiger partial charge in [0.15, 0.2) is 23.3 Å². The Balaban J connectivity index is 0.950. The van der Waals surface area contributed by atoms with Gasteiger partial charge in [-0.15, -0.1) is 0 Å². The van der Waals surface area contributed by atoms with E-state index in [0.29, 0.717) is 23.3 Å². The van der Waals surface area contributed by atoms with Gasteiger partial charge in [0.2, 0.25) is 0 Å². The zero-order valence-electron chi connectivity index (χ0n) is 35.8. The molecule has 0 aliphatic carbocycles. The highest BCUT2D eigenvalue weighted by Crippen LogP contribution is 2.37. The maximum absolute atomic E-state index is 5.17. The molecule has 0 unspecified atom stereocenters. The highest BCUT2D eigenvalue weighted by atomic mass is 15.0. The number of aromatic nitrogens is 6. The van der Waals surface area contributed by atoms with Gasteiger partial charge in [-0.05, 0) is 63.7 Å². The fourth-order valence-electron chi connectivity index (χ4n) is 8.23. The third-order valence-corrected chi connectivity index (χ3v) is 11.7. The molecule has 6 nitrogen and oxygen atoms in total. The van der Waals surface area contributed by atoms with E-state index in [9.17, 15) is 0 Å². The monoisotopic (exact) mass is 844 g/mol. The Morgan fingerprint density at radius 1 is 0.197 bits per heavy atom. The molecule has 0 spiro atoms. The van der Waals surface area contributed by atoms with Crippen LogP contribution in [0.2, 0.25) is 0 Å². The number of hydrogen-bond donors (Lipinski definition) is 0. The van der Waals surface area contributed by atoms with Crippen LogP contribution in [0.5, 0.6) is 0 Å². The van der Waals surface area contributed by atoms with Gasteiger partial charge in [0.25, 0.3) is 0 Å². The maximum atomic E-state index is 5.17. The highest BCUT2D eigenvalue weighted by molar-refractivity contribution is 5.87. The molecule has 310 valence electrons. The fraction of sp³-hybridized carbons (Fsp3) is 0. The van der Waals surface area contributed by atoms with Crippen molar-refractivity contribution in [3.63, 3.8) is 0 Å². The lowest BCUT2D eigenvalue weighted by Crippen LogP contribution is -2.00. The first-order valence-electron chi connectivity index (χ1n) is 21.9. The van der Waals surface area contributed by atoms with Crippen molar-refractivity contribution in [3.8, 4) is 113 Å². The molecule has 0 atom stereocenters. The van der Waals surface area contributed by atoms with Gasteiger partial charge in [-0.2, -0.15) is 0 Å². The van der Waals surface area contributed by atoms with E-state index < -0.39 is 0 Å². The van der Waals surface area contributed by atoms with E-state index in [1.165, 1.54) is 0 Å². The summed E-state index contributed by atoms with van der Waals surface area (Å²) in [7, 11) is 0. The third-order valence-electron chi connectivity index (χ3n) is 11.7. The van der Waals surface area contributed by atoms with Gasteiger partial charge in [0.05, 0.1) is 17.1 Å². The van der Waals surface area contributed by atoms with Gasteiger partial charge in [0.1, 0.15) is 0 Å². The molecule has 3 aromatic heterocycles. The highest BCUT2D eigenvalue weighted by Gasteiger charge is 2.16. The SMILES string of the molecule is c1ccc(-c2cccc(-c3cc(-c4ccccc4)nc(-c4ccc(-c5ccc(-c6ccccn6)c(-c6ccc(-c7nc(-c8ccccc8)nc(-c8ccccc8)n7)cc6)c5)cc4)n3)c2)cc1. The van der Waals surface area contributed by atoms with E-state index in [1.54, 1.807) is 0 Å². The Bertz CT molecular complexity index is 3360. The number of nitrogens with zero attached hydrogens (tertiary/aromatic N) is 6. The first kappa shape index (κ1) is 39.8. The van der Waals surface area contributed by atoms with Crippen LogP contribution in [-0.2, 0) is 0 Å². The Morgan fingerprint density at radius 3 is 1.15 bits per heavy atom. The molecule has 3 heterocycles. The quantitative estimate of drug-likeness (QED) is 0.136. The molecule has 0 radical (unpaired) electrons. The van der Waals surface area contributed by atoms with Crippen molar-refractivity contribution in [2.45, 2.75) is 0 Å². The molecule has 0 N–H and O–H groups in total. The molecule has 0 saturated carbocycles. The van der Waals surface area contributed by atoms with Crippen LogP contribution in [-0.4, -0.2) is 29.9 Å². The van der Waals surface area contributed by atoms with E-state index in [2.05, 4.69) is 140 Å². The minimum absolute atomic E-state index is 0.610. The second-order valence-electron chi connectivity index (χ2n) is 15.9. The summed E-state index contributed by atoms with van der Waals surface area (Å²) < 4.78 is 0. The Labute approximate surface area is 383 Å². The molecule has 6 heteroatoms. The summed E-state index contributed by atoms with van der Waals surface area (Å²) in [5, 5.41) is 0. The topological polar surface area (TPSA) is 77.3 Å². The number of pyridine rings is 1. The van der Waals surface area contributed by atoms with E-state index in [4.69, 9.17) is 29.9 Å². The van der Waals surface area contributed by atoms with Gasteiger partial charge in [-0.25, -0.2) is 24.9 Å². The Hall–Kier alpha value is -9.00. The van der Waals surface area contributed by atoms with Gasteiger partial charge >= 0.3 is 0 Å². The minimum Gasteiger partial charge on any atom is -0.256 e.